The molecule has 0 aromatic heterocycles. The largest absolute Gasteiger partial charge is 0.473 e. The lowest BCUT2D eigenvalue weighted by Gasteiger charge is -1.91. The third kappa shape index (κ3) is 11.3. The molecule has 0 aliphatic heterocycles. The van der Waals surface area contributed by atoms with Crippen molar-refractivity contribution in [2.75, 3.05) is 0 Å². The molecule has 0 aromatic rings. The number of hydrogen-bond acceptors (Lipinski definition) is 1. The zero-order valence-corrected chi connectivity index (χ0v) is 8.96. The van der Waals surface area contributed by atoms with Crippen molar-refractivity contribution < 1.29 is 4.74 Å². The van der Waals surface area contributed by atoms with Gasteiger partial charge in [0.1, 0.15) is 0 Å². The van der Waals surface area contributed by atoms with Crippen molar-refractivity contribution >= 4 is 0 Å². The van der Waals surface area contributed by atoms with Crippen LogP contribution in [0.1, 0.15) is 52.4 Å². The highest BCUT2D eigenvalue weighted by Crippen LogP contribution is 1.97. The van der Waals surface area contributed by atoms with Crippen LogP contribution in [0.2, 0.25) is 0 Å². The Labute approximate surface area is 82.5 Å². The monoisotopic (exact) mass is 182 g/mol. The van der Waals surface area contributed by atoms with Crippen molar-refractivity contribution in [1.82, 2.24) is 0 Å². The van der Waals surface area contributed by atoms with E-state index < -0.39 is 0 Å². The van der Waals surface area contributed by atoms with E-state index in [0.717, 1.165) is 12.8 Å². The van der Waals surface area contributed by atoms with Crippen molar-refractivity contribution in [3.8, 4) is 0 Å². The van der Waals surface area contributed by atoms with Crippen molar-refractivity contribution in [2.45, 2.75) is 52.4 Å². The summed E-state index contributed by atoms with van der Waals surface area (Å²) in [5.74, 6) is 0. The average Bonchev–Trinajstić information content (AvgIpc) is 2.16. The van der Waals surface area contributed by atoms with Crippen LogP contribution in [0.25, 0.3) is 0 Å². The van der Waals surface area contributed by atoms with Crippen LogP contribution in [0.15, 0.2) is 24.7 Å². The highest BCUT2D eigenvalue weighted by atomic mass is 16.5. The number of unbranched alkanes of at least 4 members (excludes halogenated alkanes) is 4. The number of hydrogen-bond donors (Lipinski definition) is 0. The van der Waals surface area contributed by atoms with E-state index in [2.05, 4.69) is 26.0 Å². The van der Waals surface area contributed by atoms with Gasteiger partial charge in [0.15, 0.2) is 0 Å². The molecule has 0 aromatic carbocycles. The number of rotatable bonds is 8. The van der Waals surface area contributed by atoms with Crippen LogP contribution in [0.4, 0.5) is 0 Å². The Bertz CT molecular complexity index is 120. The second-order valence-electron chi connectivity index (χ2n) is 3.16. The molecule has 0 atom stereocenters. The topological polar surface area (TPSA) is 9.23 Å². The average molecular weight is 182 g/mol. The van der Waals surface area contributed by atoms with Crippen LogP contribution in [0.5, 0.6) is 0 Å². The van der Waals surface area contributed by atoms with Gasteiger partial charge in [0, 0.05) is 0 Å². The molecular weight excluding hydrogens is 160 g/mol. The molecule has 0 aliphatic carbocycles. The fourth-order valence-corrected chi connectivity index (χ4v) is 0.937. The normalized spacial score (nSPS) is 11.5. The maximum absolute atomic E-state index is 5.17. The van der Waals surface area contributed by atoms with Crippen LogP contribution in [0.3, 0.4) is 0 Å². The van der Waals surface area contributed by atoms with Gasteiger partial charge in [0.05, 0.1) is 12.5 Å². The summed E-state index contributed by atoms with van der Waals surface area (Å²) in [5.41, 5.74) is 0. The van der Waals surface area contributed by atoms with Gasteiger partial charge in [0.2, 0.25) is 0 Å². The summed E-state index contributed by atoms with van der Waals surface area (Å²) in [6.45, 7) is 4.39. The molecule has 0 unspecified atom stereocenters. The Kier molecular flexibility index (Phi) is 10.7. The molecule has 0 bridgehead atoms. The Morgan fingerprint density at radius 1 is 0.846 bits per heavy atom. The highest BCUT2D eigenvalue weighted by Gasteiger charge is 1.78. The summed E-state index contributed by atoms with van der Waals surface area (Å²) in [7, 11) is 0. The minimum Gasteiger partial charge on any atom is -0.473 e. The molecule has 13 heavy (non-hydrogen) atoms. The molecule has 0 amide bonds. The van der Waals surface area contributed by atoms with Crippen molar-refractivity contribution in [3.63, 3.8) is 0 Å². The Balaban J connectivity index is 3.13. The molecule has 0 saturated carbocycles. The minimum absolute atomic E-state index is 1.12. The molecule has 76 valence electrons. The molecule has 0 aliphatic rings. The van der Waals surface area contributed by atoms with Gasteiger partial charge in [0.25, 0.3) is 0 Å². The van der Waals surface area contributed by atoms with E-state index >= 15 is 0 Å². The van der Waals surface area contributed by atoms with E-state index in [1.54, 1.807) is 12.5 Å². The molecule has 0 rings (SSSR count). The Morgan fingerprint density at radius 3 is 1.69 bits per heavy atom. The standard InChI is InChI=1S/C12H22O/c1-3-5-7-9-11-13-12-10-8-6-4-2/h9-12H,3-8H2,1-2H3/b11-9-,12-10-. The van der Waals surface area contributed by atoms with E-state index in [1.165, 1.54) is 25.7 Å². The molecule has 1 nitrogen and oxygen atoms in total. The van der Waals surface area contributed by atoms with Gasteiger partial charge in [-0.2, -0.15) is 0 Å². The van der Waals surface area contributed by atoms with Crippen LogP contribution in [0, 0.1) is 0 Å². The molecule has 0 spiro atoms. The first-order valence-electron chi connectivity index (χ1n) is 5.37. The molecule has 0 radical (unpaired) electrons. The molecule has 1 heteroatoms. The lowest BCUT2D eigenvalue weighted by Crippen LogP contribution is -1.70. The summed E-state index contributed by atoms with van der Waals surface area (Å²) < 4.78 is 5.17. The van der Waals surface area contributed by atoms with E-state index in [1.807, 2.05) is 0 Å². The van der Waals surface area contributed by atoms with E-state index in [9.17, 15) is 0 Å². The van der Waals surface area contributed by atoms with Gasteiger partial charge in [-0.05, 0) is 37.8 Å². The zero-order chi connectivity index (χ0) is 9.78. The predicted molar refractivity (Wildman–Crippen MR) is 58.4 cm³/mol. The summed E-state index contributed by atoms with van der Waals surface area (Å²) in [6.07, 6.45) is 14.9. The van der Waals surface area contributed by atoms with Gasteiger partial charge in [-0.25, -0.2) is 0 Å². The fourth-order valence-electron chi connectivity index (χ4n) is 0.937. The lowest BCUT2D eigenvalue weighted by molar-refractivity contribution is 0.398. The van der Waals surface area contributed by atoms with E-state index in [4.69, 9.17) is 4.74 Å². The Hall–Kier alpha value is -0.720. The molecule has 0 fully saturated rings. The maximum atomic E-state index is 5.17. The SMILES string of the molecule is CCCC/C=C\O/C=C\CCCC. The van der Waals surface area contributed by atoms with Crippen LogP contribution in [-0.4, -0.2) is 0 Å². The van der Waals surface area contributed by atoms with Crippen LogP contribution < -0.4 is 0 Å². The summed E-state index contributed by atoms with van der Waals surface area (Å²) in [4.78, 5) is 0. The first-order chi connectivity index (χ1) is 6.41. The van der Waals surface area contributed by atoms with Crippen LogP contribution in [-0.2, 0) is 4.74 Å². The van der Waals surface area contributed by atoms with Gasteiger partial charge in [-0.3, -0.25) is 0 Å². The maximum Gasteiger partial charge on any atom is 0.0861 e. The van der Waals surface area contributed by atoms with Gasteiger partial charge in [-0.1, -0.05) is 26.7 Å². The van der Waals surface area contributed by atoms with Crippen molar-refractivity contribution in [1.29, 1.82) is 0 Å². The number of ether oxygens (including phenoxy) is 1. The predicted octanol–water partition coefficient (Wildman–Crippen LogP) is 4.41. The van der Waals surface area contributed by atoms with E-state index in [-0.39, 0.29) is 0 Å². The van der Waals surface area contributed by atoms with Crippen molar-refractivity contribution in [2.24, 2.45) is 0 Å². The summed E-state index contributed by atoms with van der Waals surface area (Å²) in [5, 5.41) is 0. The van der Waals surface area contributed by atoms with E-state index in [0.29, 0.717) is 0 Å². The number of allylic oxidation sites excluding steroid dienone is 2. The first-order valence-corrected chi connectivity index (χ1v) is 5.37. The first kappa shape index (κ1) is 12.3. The second-order valence-corrected chi connectivity index (χ2v) is 3.16. The Morgan fingerprint density at radius 2 is 1.31 bits per heavy atom. The van der Waals surface area contributed by atoms with Gasteiger partial charge in [-0.15, -0.1) is 0 Å². The fraction of sp³-hybridized carbons (Fsp3) is 0.667. The molecule has 0 heterocycles. The molecular formula is C12H22O. The third-order valence-electron chi connectivity index (χ3n) is 1.80. The zero-order valence-electron chi connectivity index (χ0n) is 8.96. The summed E-state index contributed by atoms with van der Waals surface area (Å²) in [6, 6.07) is 0. The quantitative estimate of drug-likeness (QED) is 0.399. The van der Waals surface area contributed by atoms with Gasteiger partial charge < -0.3 is 4.74 Å². The smallest absolute Gasteiger partial charge is 0.0861 e. The van der Waals surface area contributed by atoms with Crippen LogP contribution >= 0.6 is 0 Å². The minimum atomic E-state index is 1.12. The lowest BCUT2D eigenvalue weighted by atomic mass is 10.2. The molecule has 0 N–H and O–H groups in total. The van der Waals surface area contributed by atoms with Gasteiger partial charge >= 0.3 is 0 Å². The molecule has 0 saturated heterocycles. The highest BCUT2D eigenvalue weighted by molar-refractivity contribution is 4.79. The third-order valence-corrected chi connectivity index (χ3v) is 1.80. The van der Waals surface area contributed by atoms with Crippen molar-refractivity contribution in [3.05, 3.63) is 24.7 Å². The summed E-state index contributed by atoms with van der Waals surface area (Å²) >= 11 is 0. The second kappa shape index (κ2) is 11.3.